The molecule has 0 radical (unpaired) electrons. The van der Waals surface area contributed by atoms with Crippen LogP contribution >= 0.6 is 0 Å². The van der Waals surface area contributed by atoms with Crippen LogP contribution < -0.4 is 0 Å². The largest absolute Gasteiger partial charge is 0.385 e. The third kappa shape index (κ3) is 4.26. The SMILES string of the molecule is CC1CC(C)CN(C(O)C(C)(O)C(C)c2ccccc2-c2ccccc2)C1. The van der Waals surface area contributed by atoms with Crippen molar-refractivity contribution in [2.75, 3.05) is 13.1 Å². The molecule has 5 atom stereocenters. The maximum Gasteiger partial charge on any atom is 0.136 e. The lowest BCUT2D eigenvalue weighted by atomic mass is 9.79. The summed E-state index contributed by atoms with van der Waals surface area (Å²) in [6.45, 7) is 9.88. The highest BCUT2D eigenvalue weighted by molar-refractivity contribution is 5.68. The molecule has 2 N–H and O–H groups in total. The van der Waals surface area contributed by atoms with Gasteiger partial charge in [0.2, 0.25) is 0 Å². The van der Waals surface area contributed by atoms with Gasteiger partial charge in [-0.2, -0.15) is 0 Å². The molecule has 27 heavy (non-hydrogen) atoms. The van der Waals surface area contributed by atoms with E-state index in [0.29, 0.717) is 11.8 Å². The van der Waals surface area contributed by atoms with Gasteiger partial charge < -0.3 is 10.2 Å². The van der Waals surface area contributed by atoms with E-state index in [2.05, 4.69) is 43.0 Å². The third-order valence-corrected chi connectivity index (χ3v) is 6.15. The van der Waals surface area contributed by atoms with E-state index < -0.39 is 11.8 Å². The number of piperidine rings is 1. The van der Waals surface area contributed by atoms with Gasteiger partial charge in [0.05, 0.1) is 0 Å². The minimum absolute atomic E-state index is 0.212. The van der Waals surface area contributed by atoms with Gasteiger partial charge in [0.15, 0.2) is 0 Å². The molecule has 0 saturated carbocycles. The summed E-state index contributed by atoms with van der Waals surface area (Å²) in [6.07, 6.45) is 0.291. The fourth-order valence-electron chi connectivity index (χ4n) is 4.57. The number of aliphatic hydroxyl groups is 2. The van der Waals surface area contributed by atoms with Gasteiger partial charge in [-0.05, 0) is 41.9 Å². The summed E-state index contributed by atoms with van der Waals surface area (Å²) in [4.78, 5) is 2.06. The van der Waals surface area contributed by atoms with Crippen LogP contribution in [0.5, 0.6) is 0 Å². The number of rotatable bonds is 5. The Bertz CT molecular complexity index is 733. The van der Waals surface area contributed by atoms with E-state index in [-0.39, 0.29) is 5.92 Å². The van der Waals surface area contributed by atoms with Crippen molar-refractivity contribution in [1.82, 2.24) is 4.90 Å². The van der Waals surface area contributed by atoms with Crippen molar-refractivity contribution >= 4 is 0 Å². The first kappa shape index (κ1) is 20.1. The number of hydrogen-bond donors (Lipinski definition) is 2. The minimum Gasteiger partial charge on any atom is -0.385 e. The van der Waals surface area contributed by atoms with Crippen molar-refractivity contribution in [2.45, 2.75) is 51.9 Å². The topological polar surface area (TPSA) is 43.7 Å². The number of aliphatic hydroxyl groups excluding tert-OH is 1. The van der Waals surface area contributed by atoms with Crippen LogP contribution in [-0.4, -0.2) is 40.0 Å². The third-order valence-electron chi connectivity index (χ3n) is 6.15. The average Bonchev–Trinajstić information content (AvgIpc) is 2.66. The highest BCUT2D eigenvalue weighted by Crippen LogP contribution is 2.38. The average molecular weight is 368 g/mol. The standard InChI is InChI=1S/C24H33NO2/c1-17-14-18(2)16-25(15-17)23(26)24(4,27)19(3)21-12-8-9-13-22(21)20-10-6-5-7-11-20/h5-13,17-19,23,26-27H,14-16H2,1-4H3. The molecule has 1 aliphatic rings. The van der Waals surface area contributed by atoms with E-state index in [1.165, 1.54) is 6.42 Å². The quantitative estimate of drug-likeness (QED) is 0.817. The first-order valence-electron chi connectivity index (χ1n) is 10.1. The van der Waals surface area contributed by atoms with Crippen LogP contribution in [0.2, 0.25) is 0 Å². The van der Waals surface area contributed by atoms with Gasteiger partial charge in [-0.1, -0.05) is 75.4 Å². The Kier molecular flexibility index (Phi) is 6.05. The monoisotopic (exact) mass is 367 g/mol. The Balaban J connectivity index is 1.89. The zero-order valence-electron chi connectivity index (χ0n) is 17.0. The van der Waals surface area contributed by atoms with Crippen LogP contribution in [0.3, 0.4) is 0 Å². The maximum atomic E-state index is 11.4. The maximum absolute atomic E-state index is 11.4. The number of likely N-dealkylation sites (tertiary alicyclic amines) is 1. The van der Waals surface area contributed by atoms with Crippen LogP contribution in [0.4, 0.5) is 0 Å². The lowest BCUT2D eigenvalue weighted by Crippen LogP contribution is -2.57. The van der Waals surface area contributed by atoms with Gasteiger partial charge in [0, 0.05) is 19.0 Å². The van der Waals surface area contributed by atoms with Crippen molar-refractivity contribution in [1.29, 1.82) is 0 Å². The van der Waals surface area contributed by atoms with Gasteiger partial charge in [-0.3, -0.25) is 4.90 Å². The van der Waals surface area contributed by atoms with E-state index >= 15 is 0 Å². The molecule has 3 nitrogen and oxygen atoms in total. The molecule has 1 fully saturated rings. The van der Waals surface area contributed by atoms with Crippen LogP contribution in [0.25, 0.3) is 11.1 Å². The zero-order chi connectivity index (χ0) is 19.6. The van der Waals surface area contributed by atoms with Gasteiger partial charge >= 0.3 is 0 Å². The molecule has 0 spiro atoms. The molecule has 1 heterocycles. The summed E-state index contributed by atoms with van der Waals surface area (Å²) < 4.78 is 0. The summed E-state index contributed by atoms with van der Waals surface area (Å²) in [7, 11) is 0. The summed E-state index contributed by atoms with van der Waals surface area (Å²) in [5.41, 5.74) is 2.05. The molecule has 0 bridgehead atoms. The Labute approximate surface area is 163 Å². The van der Waals surface area contributed by atoms with Gasteiger partial charge in [0.1, 0.15) is 11.8 Å². The number of benzene rings is 2. The minimum atomic E-state index is -1.25. The Morgan fingerprint density at radius 3 is 2.15 bits per heavy atom. The van der Waals surface area contributed by atoms with Gasteiger partial charge in [-0.15, -0.1) is 0 Å². The zero-order valence-corrected chi connectivity index (χ0v) is 17.0. The van der Waals surface area contributed by atoms with Crippen LogP contribution in [-0.2, 0) is 0 Å². The Morgan fingerprint density at radius 2 is 1.52 bits per heavy atom. The van der Waals surface area contributed by atoms with E-state index in [0.717, 1.165) is 29.8 Å². The van der Waals surface area contributed by atoms with Crippen molar-refractivity contribution in [3.8, 4) is 11.1 Å². The lowest BCUT2D eigenvalue weighted by Gasteiger charge is -2.45. The van der Waals surface area contributed by atoms with E-state index in [9.17, 15) is 10.2 Å². The molecule has 0 aromatic heterocycles. The first-order chi connectivity index (χ1) is 12.8. The highest BCUT2D eigenvalue weighted by atomic mass is 16.4. The second-order valence-corrected chi connectivity index (χ2v) is 8.67. The van der Waals surface area contributed by atoms with Crippen LogP contribution in [0, 0.1) is 11.8 Å². The van der Waals surface area contributed by atoms with Crippen molar-refractivity contribution < 1.29 is 10.2 Å². The summed E-state index contributed by atoms with van der Waals surface area (Å²) in [6, 6.07) is 18.4. The molecule has 146 valence electrons. The molecule has 2 aromatic carbocycles. The predicted octanol–water partition coefficient (Wildman–Crippen LogP) is 4.50. The number of nitrogens with zero attached hydrogens (tertiary/aromatic N) is 1. The molecular formula is C24H33NO2. The van der Waals surface area contributed by atoms with Gasteiger partial charge in [-0.25, -0.2) is 0 Å². The van der Waals surface area contributed by atoms with E-state index in [1.807, 2.05) is 37.3 Å². The molecule has 0 amide bonds. The predicted molar refractivity (Wildman–Crippen MR) is 111 cm³/mol. The first-order valence-corrected chi connectivity index (χ1v) is 10.1. The fourth-order valence-corrected chi connectivity index (χ4v) is 4.57. The molecule has 0 aliphatic carbocycles. The molecule has 3 rings (SSSR count). The molecular weight excluding hydrogens is 334 g/mol. The van der Waals surface area contributed by atoms with E-state index in [4.69, 9.17) is 0 Å². The van der Waals surface area contributed by atoms with Crippen LogP contribution in [0.15, 0.2) is 54.6 Å². The van der Waals surface area contributed by atoms with Gasteiger partial charge in [0.25, 0.3) is 0 Å². The smallest absolute Gasteiger partial charge is 0.136 e. The second-order valence-electron chi connectivity index (χ2n) is 8.67. The summed E-state index contributed by atoms with van der Waals surface area (Å²) >= 11 is 0. The molecule has 2 aromatic rings. The normalized spacial score (nSPS) is 25.6. The Hall–Kier alpha value is -1.68. The second kappa shape index (κ2) is 8.14. The van der Waals surface area contributed by atoms with Crippen molar-refractivity contribution in [3.63, 3.8) is 0 Å². The summed E-state index contributed by atoms with van der Waals surface area (Å²) in [5, 5.41) is 22.5. The van der Waals surface area contributed by atoms with Crippen molar-refractivity contribution in [2.24, 2.45) is 11.8 Å². The molecule has 5 unspecified atom stereocenters. The Morgan fingerprint density at radius 1 is 0.963 bits per heavy atom. The fraction of sp³-hybridized carbons (Fsp3) is 0.500. The molecule has 1 saturated heterocycles. The lowest BCUT2D eigenvalue weighted by molar-refractivity contribution is -0.162. The highest BCUT2D eigenvalue weighted by Gasteiger charge is 2.42. The van der Waals surface area contributed by atoms with Crippen LogP contribution in [0.1, 0.15) is 45.6 Å². The molecule has 3 heteroatoms. The number of hydrogen-bond acceptors (Lipinski definition) is 3. The summed E-state index contributed by atoms with van der Waals surface area (Å²) in [5.74, 6) is 0.855. The van der Waals surface area contributed by atoms with E-state index in [1.54, 1.807) is 6.92 Å². The van der Waals surface area contributed by atoms with Crippen molar-refractivity contribution in [3.05, 3.63) is 60.2 Å². The molecule has 1 aliphatic heterocycles.